The van der Waals surface area contributed by atoms with Crippen LogP contribution in [0.25, 0.3) is 0 Å². The van der Waals surface area contributed by atoms with E-state index >= 15 is 0 Å². The average molecular weight is 274 g/mol. The van der Waals surface area contributed by atoms with Gasteiger partial charge in [-0.05, 0) is 31.2 Å². The van der Waals surface area contributed by atoms with Crippen molar-refractivity contribution in [3.63, 3.8) is 0 Å². The number of pyridine rings is 1. The number of rotatable bonds is 3. The van der Waals surface area contributed by atoms with Crippen molar-refractivity contribution in [1.29, 1.82) is 0 Å². The predicted molar refractivity (Wildman–Crippen MR) is 70.3 cm³/mol. The molecular weight excluding hydrogens is 263 g/mol. The molecule has 0 saturated heterocycles. The van der Waals surface area contributed by atoms with Crippen LogP contribution in [0.1, 0.15) is 26.4 Å². The molecule has 1 heterocycles. The van der Waals surface area contributed by atoms with E-state index in [1.54, 1.807) is 19.1 Å². The van der Waals surface area contributed by atoms with Crippen LogP contribution in [0.15, 0.2) is 36.5 Å². The number of nitrogens with one attached hydrogen (secondary N) is 1. The molecular formula is C14H11FN2O3. The zero-order chi connectivity index (χ0) is 14.7. The number of carbonyl (C=O) groups excluding carboxylic acids is 1. The van der Waals surface area contributed by atoms with Crippen molar-refractivity contribution in [1.82, 2.24) is 4.98 Å². The van der Waals surface area contributed by atoms with E-state index in [1.807, 2.05) is 0 Å². The van der Waals surface area contributed by atoms with Gasteiger partial charge in [0.15, 0.2) is 0 Å². The Labute approximate surface area is 114 Å². The summed E-state index contributed by atoms with van der Waals surface area (Å²) >= 11 is 0. The number of halogens is 1. The molecule has 20 heavy (non-hydrogen) atoms. The summed E-state index contributed by atoms with van der Waals surface area (Å²) in [4.78, 5) is 26.9. The molecule has 102 valence electrons. The third-order valence-electron chi connectivity index (χ3n) is 2.65. The van der Waals surface area contributed by atoms with E-state index in [0.29, 0.717) is 0 Å². The Bertz CT molecular complexity index is 669. The fraction of sp³-hybridized carbons (Fsp3) is 0.0714. The largest absolute Gasteiger partial charge is 0.478 e. The molecule has 0 aliphatic heterocycles. The quantitative estimate of drug-likeness (QED) is 0.901. The second-order valence-electron chi connectivity index (χ2n) is 4.11. The van der Waals surface area contributed by atoms with Gasteiger partial charge in [-0.1, -0.05) is 6.07 Å². The Morgan fingerprint density at radius 3 is 2.60 bits per heavy atom. The van der Waals surface area contributed by atoms with Gasteiger partial charge < -0.3 is 10.4 Å². The molecule has 0 bridgehead atoms. The van der Waals surface area contributed by atoms with Crippen LogP contribution in [0.4, 0.5) is 10.1 Å². The number of aromatic nitrogens is 1. The summed E-state index contributed by atoms with van der Waals surface area (Å²) in [5.74, 6) is -2.90. The molecule has 1 amide bonds. The first kappa shape index (κ1) is 13.7. The Balaban J connectivity index is 2.30. The van der Waals surface area contributed by atoms with Gasteiger partial charge in [0.2, 0.25) is 0 Å². The second kappa shape index (κ2) is 5.48. The molecule has 0 spiro atoms. The molecule has 1 aromatic carbocycles. The van der Waals surface area contributed by atoms with Crippen LogP contribution >= 0.6 is 0 Å². The topological polar surface area (TPSA) is 79.3 Å². The average Bonchev–Trinajstić information content (AvgIpc) is 2.39. The van der Waals surface area contributed by atoms with Gasteiger partial charge in [0, 0.05) is 11.9 Å². The standard InChI is InChI=1S/C14H11FN2O3/c1-8-5-6-9(7-16-8)13(18)17-11-4-2-3-10(15)12(11)14(19)20/h2-7H,1H3,(H,17,18)(H,19,20). The number of benzene rings is 1. The van der Waals surface area contributed by atoms with Crippen LogP contribution in [0.3, 0.4) is 0 Å². The molecule has 2 N–H and O–H groups in total. The highest BCUT2D eigenvalue weighted by atomic mass is 19.1. The number of aromatic carboxylic acids is 1. The minimum Gasteiger partial charge on any atom is -0.478 e. The van der Waals surface area contributed by atoms with Crippen molar-refractivity contribution < 1.29 is 19.1 Å². The van der Waals surface area contributed by atoms with Gasteiger partial charge in [-0.15, -0.1) is 0 Å². The van der Waals surface area contributed by atoms with Crippen molar-refractivity contribution in [2.24, 2.45) is 0 Å². The van der Waals surface area contributed by atoms with E-state index in [9.17, 15) is 14.0 Å². The van der Waals surface area contributed by atoms with Crippen LogP contribution in [-0.2, 0) is 0 Å². The molecule has 5 nitrogen and oxygen atoms in total. The number of aryl methyl sites for hydroxylation is 1. The summed E-state index contributed by atoms with van der Waals surface area (Å²) in [5, 5.41) is 11.3. The molecule has 0 atom stereocenters. The van der Waals surface area contributed by atoms with Crippen molar-refractivity contribution in [3.05, 3.63) is 59.2 Å². The molecule has 0 unspecified atom stereocenters. The molecule has 0 aliphatic carbocycles. The predicted octanol–water partition coefficient (Wildman–Crippen LogP) is 2.48. The van der Waals surface area contributed by atoms with Gasteiger partial charge >= 0.3 is 5.97 Å². The Morgan fingerprint density at radius 1 is 1.25 bits per heavy atom. The van der Waals surface area contributed by atoms with E-state index in [4.69, 9.17) is 5.11 Å². The maximum absolute atomic E-state index is 13.5. The number of hydrogen-bond donors (Lipinski definition) is 2. The molecule has 2 aromatic rings. The molecule has 0 aliphatic rings. The van der Waals surface area contributed by atoms with Gasteiger partial charge in [0.05, 0.1) is 11.3 Å². The van der Waals surface area contributed by atoms with Gasteiger partial charge in [-0.2, -0.15) is 0 Å². The van der Waals surface area contributed by atoms with Crippen LogP contribution in [0, 0.1) is 12.7 Å². The van der Waals surface area contributed by atoms with E-state index in [1.165, 1.54) is 18.3 Å². The van der Waals surface area contributed by atoms with Crippen molar-refractivity contribution in [3.8, 4) is 0 Å². The smallest absolute Gasteiger partial charge is 0.340 e. The summed E-state index contributed by atoms with van der Waals surface area (Å²) in [6, 6.07) is 6.87. The minimum absolute atomic E-state index is 0.0944. The lowest BCUT2D eigenvalue weighted by atomic mass is 10.1. The zero-order valence-corrected chi connectivity index (χ0v) is 10.6. The highest BCUT2D eigenvalue weighted by Crippen LogP contribution is 2.19. The third kappa shape index (κ3) is 2.80. The maximum atomic E-state index is 13.5. The lowest BCUT2D eigenvalue weighted by Crippen LogP contribution is -2.16. The minimum atomic E-state index is -1.44. The summed E-state index contributed by atoms with van der Waals surface area (Å²) in [7, 11) is 0. The first-order valence-corrected chi connectivity index (χ1v) is 5.75. The van der Waals surface area contributed by atoms with Crippen LogP contribution < -0.4 is 5.32 Å². The van der Waals surface area contributed by atoms with Crippen molar-refractivity contribution in [2.45, 2.75) is 6.92 Å². The lowest BCUT2D eigenvalue weighted by Gasteiger charge is -2.09. The first-order chi connectivity index (χ1) is 9.49. The van der Waals surface area contributed by atoms with Gasteiger partial charge in [0.25, 0.3) is 5.91 Å². The third-order valence-corrected chi connectivity index (χ3v) is 2.65. The fourth-order valence-corrected chi connectivity index (χ4v) is 1.64. The molecule has 1 aromatic heterocycles. The van der Waals surface area contributed by atoms with E-state index in [-0.39, 0.29) is 11.3 Å². The lowest BCUT2D eigenvalue weighted by molar-refractivity contribution is 0.0693. The number of carboxylic acids is 1. The zero-order valence-electron chi connectivity index (χ0n) is 10.6. The van der Waals surface area contributed by atoms with Gasteiger partial charge in [0.1, 0.15) is 11.4 Å². The summed E-state index contributed by atoms with van der Waals surface area (Å²) in [6.07, 6.45) is 1.37. The van der Waals surface area contributed by atoms with Crippen molar-refractivity contribution in [2.75, 3.05) is 5.32 Å². The second-order valence-corrected chi connectivity index (χ2v) is 4.11. The normalized spacial score (nSPS) is 10.1. The number of carbonyl (C=O) groups is 2. The highest BCUT2D eigenvalue weighted by molar-refractivity contribution is 6.07. The monoisotopic (exact) mass is 274 g/mol. The molecule has 2 rings (SSSR count). The number of amides is 1. The summed E-state index contributed by atoms with van der Waals surface area (Å²) in [6.45, 7) is 1.77. The van der Waals surface area contributed by atoms with Crippen LogP contribution in [0.2, 0.25) is 0 Å². The van der Waals surface area contributed by atoms with Gasteiger partial charge in [-0.25, -0.2) is 9.18 Å². The molecule has 0 radical (unpaired) electrons. The fourth-order valence-electron chi connectivity index (χ4n) is 1.64. The molecule has 6 heteroatoms. The number of anilines is 1. The molecule has 0 fully saturated rings. The maximum Gasteiger partial charge on any atom is 0.340 e. The SMILES string of the molecule is Cc1ccc(C(=O)Nc2cccc(F)c2C(=O)O)cn1. The Hall–Kier alpha value is -2.76. The van der Waals surface area contributed by atoms with E-state index in [0.717, 1.165) is 11.8 Å². The van der Waals surface area contributed by atoms with E-state index < -0.39 is 23.3 Å². The van der Waals surface area contributed by atoms with Crippen molar-refractivity contribution >= 4 is 17.6 Å². The first-order valence-electron chi connectivity index (χ1n) is 5.75. The number of nitrogens with zero attached hydrogens (tertiary/aromatic N) is 1. The van der Waals surface area contributed by atoms with Gasteiger partial charge in [-0.3, -0.25) is 9.78 Å². The number of carboxylic acid groups (broad SMARTS) is 1. The Morgan fingerprint density at radius 2 is 2.00 bits per heavy atom. The van der Waals surface area contributed by atoms with E-state index in [2.05, 4.69) is 10.3 Å². The molecule has 0 saturated carbocycles. The summed E-state index contributed by atoms with van der Waals surface area (Å²) in [5.41, 5.74) is 0.346. The summed E-state index contributed by atoms with van der Waals surface area (Å²) < 4.78 is 13.5. The Kier molecular flexibility index (Phi) is 3.74. The van der Waals surface area contributed by atoms with Crippen LogP contribution in [0.5, 0.6) is 0 Å². The van der Waals surface area contributed by atoms with Crippen LogP contribution in [-0.4, -0.2) is 22.0 Å². The number of hydrogen-bond acceptors (Lipinski definition) is 3. The highest BCUT2D eigenvalue weighted by Gasteiger charge is 2.17.